The molecule has 158 valence electrons. The number of benzene rings is 2. The van der Waals surface area contributed by atoms with E-state index in [1.807, 2.05) is 48.9 Å². The summed E-state index contributed by atoms with van der Waals surface area (Å²) in [4.78, 5) is 31.7. The SMILES string of the molecule is Cc1cc(C)cc(C2/C(=C(\O)c3ccccc3)C(=O)C(=O)N2CCCn2ccnc2)c1. The lowest BCUT2D eigenvalue weighted by atomic mass is 9.93. The van der Waals surface area contributed by atoms with Crippen LogP contribution in [0, 0.1) is 13.8 Å². The van der Waals surface area contributed by atoms with E-state index in [0.717, 1.165) is 16.7 Å². The van der Waals surface area contributed by atoms with Crippen molar-refractivity contribution >= 4 is 17.4 Å². The number of nitrogens with zero attached hydrogens (tertiary/aromatic N) is 3. The van der Waals surface area contributed by atoms with Crippen LogP contribution in [0.15, 0.2) is 72.8 Å². The van der Waals surface area contributed by atoms with Crippen molar-refractivity contribution in [3.05, 3.63) is 95.1 Å². The van der Waals surface area contributed by atoms with Gasteiger partial charge in [0, 0.05) is 31.0 Å². The molecule has 1 fully saturated rings. The summed E-state index contributed by atoms with van der Waals surface area (Å²) in [5.41, 5.74) is 3.58. The van der Waals surface area contributed by atoms with E-state index in [1.165, 1.54) is 0 Å². The highest BCUT2D eigenvalue weighted by Crippen LogP contribution is 2.40. The zero-order valence-corrected chi connectivity index (χ0v) is 17.7. The molecule has 6 heteroatoms. The molecule has 6 nitrogen and oxygen atoms in total. The number of aryl methyl sites for hydroxylation is 3. The van der Waals surface area contributed by atoms with Gasteiger partial charge in [-0.15, -0.1) is 0 Å². The highest BCUT2D eigenvalue weighted by atomic mass is 16.3. The fourth-order valence-corrected chi connectivity index (χ4v) is 4.22. The minimum Gasteiger partial charge on any atom is -0.507 e. The third-order valence-electron chi connectivity index (χ3n) is 5.52. The predicted molar refractivity (Wildman–Crippen MR) is 118 cm³/mol. The van der Waals surface area contributed by atoms with Crippen LogP contribution in [0.2, 0.25) is 0 Å². The Kier molecular flexibility index (Phi) is 5.71. The quantitative estimate of drug-likeness (QED) is 0.375. The molecule has 4 rings (SSSR count). The fourth-order valence-electron chi connectivity index (χ4n) is 4.22. The number of aromatic nitrogens is 2. The molecule has 1 N–H and O–H groups in total. The molecule has 0 saturated carbocycles. The molecule has 1 amide bonds. The zero-order chi connectivity index (χ0) is 22.0. The van der Waals surface area contributed by atoms with Gasteiger partial charge < -0.3 is 14.6 Å². The maximum Gasteiger partial charge on any atom is 0.295 e. The maximum absolute atomic E-state index is 13.1. The number of carbonyl (C=O) groups is 2. The van der Waals surface area contributed by atoms with E-state index in [9.17, 15) is 14.7 Å². The van der Waals surface area contributed by atoms with E-state index in [4.69, 9.17) is 0 Å². The van der Waals surface area contributed by atoms with Crippen molar-refractivity contribution in [1.82, 2.24) is 14.5 Å². The summed E-state index contributed by atoms with van der Waals surface area (Å²) in [6, 6.07) is 14.3. The zero-order valence-electron chi connectivity index (χ0n) is 17.7. The Labute approximate surface area is 181 Å². The first-order valence-corrected chi connectivity index (χ1v) is 10.3. The predicted octanol–water partition coefficient (Wildman–Crippen LogP) is 4.01. The van der Waals surface area contributed by atoms with Crippen molar-refractivity contribution in [3.63, 3.8) is 0 Å². The standard InChI is InChI=1S/C25H25N3O3/c1-17-13-18(2)15-20(14-17)22-21(23(29)19-7-4-3-5-8-19)24(30)25(31)28(22)11-6-10-27-12-9-26-16-27/h3-5,7-9,12-16,22,29H,6,10-11H2,1-2H3/b23-21+. The Hall–Kier alpha value is -3.67. The summed E-state index contributed by atoms with van der Waals surface area (Å²) in [6.07, 6.45) is 5.97. The summed E-state index contributed by atoms with van der Waals surface area (Å²) in [5, 5.41) is 11.0. The summed E-state index contributed by atoms with van der Waals surface area (Å²) in [6.45, 7) is 5.05. The van der Waals surface area contributed by atoms with Crippen LogP contribution < -0.4 is 0 Å². The maximum atomic E-state index is 13.1. The number of likely N-dealkylation sites (tertiary alicyclic amines) is 1. The van der Waals surface area contributed by atoms with Crippen molar-refractivity contribution in [2.45, 2.75) is 32.9 Å². The molecular formula is C25H25N3O3. The summed E-state index contributed by atoms with van der Waals surface area (Å²) in [5.74, 6) is -1.36. The van der Waals surface area contributed by atoms with Crippen molar-refractivity contribution < 1.29 is 14.7 Å². The van der Waals surface area contributed by atoms with Gasteiger partial charge in [-0.05, 0) is 25.8 Å². The third kappa shape index (κ3) is 4.14. The van der Waals surface area contributed by atoms with Crippen molar-refractivity contribution in [3.8, 4) is 0 Å². The van der Waals surface area contributed by atoms with Gasteiger partial charge in [-0.3, -0.25) is 9.59 Å². The average Bonchev–Trinajstić information content (AvgIpc) is 3.35. The molecule has 0 radical (unpaired) electrons. The lowest BCUT2D eigenvalue weighted by Crippen LogP contribution is -2.31. The number of aliphatic hydroxyl groups is 1. The number of hydrogen-bond acceptors (Lipinski definition) is 4. The minimum absolute atomic E-state index is 0.139. The third-order valence-corrected chi connectivity index (χ3v) is 5.52. The lowest BCUT2D eigenvalue weighted by molar-refractivity contribution is -0.139. The van der Waals surface area contributed by atoms with Crippen LogP contribution in [0.1, 0.15) is 34.7 Å². The molecular weight excluding hydrogens is 390 g/mol. The molecule has 1 aromatic heterocycles. The first-order chi connectivity index (χ1) is 15.0. The van der Waals surface area contributed by atoms with Crippen LogP contribution in [0.5, 0.6) is 0 Å². The number of carbonyl (C=O) groups excluding carboxylic acids is 2. The molecule has 1 atom stereocenters. The Morgan fingerprint density at radius 3 is 2.39 bits per heavy atom. The molecule has 0 aliphatic carbocycles. The smallest absolute Gasteiger partial charge is 0.295 e. The topological polar surface area (TPSA) is 75.4 Å². The van der Waals surface area contributed by atoms with Crippen LogP contribution in [0.25, 0.3) is 5.76 Å². The second kappa shape index (κ2) is 8.60. The summed E-state index contributed by atoms with van der Waals surface area (Å²) >= 11 is 0. The number of imidazole rings is 1. The number of ketones is 1. The van der Waals surface area contributed by atoms with Gasteiger partial charge in [0.05, 0.1) is 17.9 Å². The Morgan fingerprint density at radius 2 is 1.74 bits per heavy atom. The molecule has 31 heavy (non-hydrogen) atoms. The van der Waals surface area contributed by atoms with Gasteiger partial charge in [0.2, 0.25) is 0 Å². The second-order valence-electron chi connectivity index (χ2n) is 7.93. The monoisotopic (exact) mass is 415 g/mol. The van der Waals surface area contributed by atoms with Crippen molar-refractivity contribution in [1.29, 1.82) is 0 Å². The molecule has 0 bridgehead atoms. The summed E-state index contributed by atoms with van der Waals surface area (Å²) in [7, 11) is 0. The lowest BCUT2D eigenvalue weighted by Gasteiger charge is -2.26. The number of aliphatic hydroxyl groups excluding tert-OH is 1. The van der Waals surface area contributed by atoms with Gasteiger partial charge in [0.1, 0.15) is 5.76 Å². The molecule has 2 heterocycles. The fraction of sp³-hybridized carbons (Fsp3) is 0.240. The Balaban J connectivity index is 1.76. The summed E-state index contributed by atoms with van der Waals surface area (Å²) < 4.78 is 1.94. The van der Waals surface area contributed by atoms with Crippen LogP contribution in [0.4, 0.5) is 0 Å². The van der Waals surface area contributed by atoms with E-state index in [2.05, 4.69) is 4.98 Å². The van der Waals surface area contributed by atoms with Gasteiger partial charge in [-0.2, -0.15) is 0 Å². The number of amides is 1. The Bertz CT molecular complexity index is 1110. The van der Waals surface area contributed by atoms with Crippen LogP contribution >= 0.6 is 0 Å². The highest BCUT2D eigenvalue weighted by Gasteiger charge is 2.45. The number of Topliss-reactive ketones (excluding diaryl/α,β-unsaturated/α-hetero) is 1. The number of hydrogen-bond donors (Lipinski definition) is 1. The van der Waals surface area contributed by atoms with E-state index in [-0.39, 0.29) is 11.3 Å². The van der Waals surface area contributed by atoms with E-state index < -0.39 is 17.7 Å². The van der Waals surface area contributed by atoms with Crippen LogP contribution in [-0.4, -0.2) is 37.8 Å². The molecule has 1 unspecified atom stereocenters. The Morgan fingerprint density at radius 1 is 1.03 bits per heavy atom. The molecule has 1 aliphatic heterocycles. The molecule has 1 aliphatic rings. The average molecular weight is 415 g/mol. The van der Waals surface area contributed by atoms with Crippen LogP contribution in [0.3, 0.4) is 0 Å². The van der Waals surface area contributed by atoms with Gasteiger partial charge in [0.25, 0.3) is 11.7 Å². The van der Waals surface area contributed by atoms with E-state index >= 15 is 0 Å². The van der Waals surface area contributed by atoms with Crippen molar-refractivity contribution in [2.24, 2.45) is 0 Å². The second-order valence-corrected chi connectivity index (χ2v) is 7.93. The van der Waals surface area contributed by atoms with E-state index in [0.29, 0.717) is 25.1 Å². The van der Waals surface area contributed by atoms with Gasteiger partial charge in [-0.1, -0.05) is 59.7 Å². The molecule has 0 spiro atoms. The minimum atomic E-state index is -0.645. The first kappa shape index (κ1) is 20.6. The highest BCUT2D eigenvalue weighted by molar-refractivity contribution is 6.46. The molecule has 3 aromatic rings. The normalized spacial score (nSPS) is 18.0. The molecule has 2 aromatic carbocycles. The van der Waals surface area contributed by atoms with Gasteiger partial charge in [-0.25, -0.2) is 4.98 Å². The van der Waals surface area contributed by atoms with Crippen molar-refractivity contribution in [2.75, 3.05) is 6.54 Å². The van der Waals surface area contributed by atoms with Crippen LogP contribution in [-0.2, 0) is 16.1 Å². The molecule has 1 saturated heterocycles. The van der Waals surface area contributed by atoms with Gasteiger partial charge >= 0.3 is 0 Å². The first-order valence-electron chi connectivity index (χ1n) is 10.3. The van der Waals surface area contributed by atoms with E-state index in [1.54, 1.807) is 41.7 Å². The van der Waals surface area contributed by atoms with Gasteiger partial charge in [0.15, 0.2) is 0 Å². The largest absolute Gasteiger partial charge is 0.507 e. The number of rotatable bonds is 6.